The number of rotatable bonds is 8. The number of nitrogens with zero attached hydrogens (tertiary/aromatic N) is 3. The third-order valence-corrected chi connectivity index (χ3v) is 4.21. The van der Waals surface area contributed by atoms with Crippen LogP contribution in [0.25, 0.3) is 0 Å². The molecule has 0 aromatic carbocycles. The third-order valence-electron chi connectivity index (χ3n) is 3.24. The van der Waals surface area contributed by atoms with Gasteiger partial charge in [0.25, 0.3) is 5.91 Å². The summed E-state index contributed by atoms with van der Waals surface area (Å²) in [7, 11) is 0. The molecule has 0 spiro atoms. The summed E-state index contributed by atoms with van der Waals surface area (Å²) >= 11 is 1.70. The molecule has 8 heteroatoms. The Bertz CT molecular complexity index is 685. The first-order valence-corrected chi connectivity index (χ1v) is 9.12. The summed E-state index contributed by atoms with van der Waals surface area (Å²) in [4.78, 5) is 25.9. The highest BCUT2D eigenvalue weighted by Crippen LogP contribution is 2.11. The van der Waals surface area contributed by atoms with Gasteiger partial charge in [0.1, 0.15) is 0 Å². The molecule has 7 nitrogen and oxygen atoms in total. The van der Waals surface area contributed by atoms with E-state index < -0.39 is 0 Å². The van der Waals surface area contributed by atoms with E-state index in [1.807, 2.05) is 13.1 Å². The van der Waals surface area contributed by atoms with Gasteiger partial charge in [-0.3, -0.25) is 14.8 Å². The monoisotopic (exact) mass is 360 g/mol. The second-order valence-corrected chi connectivity index (χ2v) is 6.62. The fourth-order valence-electron chi connectivity index (χ4n) is 2.08. The predicted molar refractivity (Wildman–Crippen MR) is 101 cm³/mol. The molecule has 0 bridgehead atoms. The molecule has 0 aliphatic carbocycles. The maximum Gasteiger partial charge on any atom is 0.252 e. The summed E-state index contributed by atoms with van der Waals surface area (Å²) in [6, 6.07) is 3.48. The number of hydrogen-bond acceptors (Lipinski definition) is 5. The molecule has 25 heavy (non-hydrogen) atoms. The van der Waals surface area contributed by atoms with Crippen molar-refractivity contribution in [3.05, 3.63) is 46.2 Å². The molecule has 0 aliphatic rings. The first-order chi connectivity index (χ1) is 12.2. The van der Waals surface area contributed by atoms with Gasteiger partial charge in [0.05, 0.1) is 10.6 Å². The van der Waals surface area contributed by atoms with Crippen molar-refractivity contribution in [1.29, 1.82) is 0 Å². The first kappa shape index (κ1) is 18.9. The predicted octanol–water partition coefficient (Wildman–Crippen LogP) is 1.37. The summed E-state index contributed by atoms with van der Waals surface area (Å²) in [6.45, 7) is 6.62. The highest BCUT2D eigenvalue weighted by atomic mass is 32.1. The molecule has 0 atom stereocenters. The average Bonchev–Trinajstić information content (AvgIpc) is 3.04. The normalized spacial score (nSPS) is 11.2. The summed E-state index contributed by atoms with van der Waals surface area (Å²) in [5.41, 5.74) is 0.557. The number of thiazole rings is 1. The number of pyridine rings is 1. The van der Waals surface area contributed by atoms with Crippen molar-refractivity contribution in [2.45, 2.75) is 20.3 Å². The van der Waals surface area contributed by atoms with Crippen LogP contribution >= 0.6 is 11.3 Å². The Morgan fingerprint density at radius 1 is 1.24 bits per heavy atom. The summed E-state index contributed by atoms with van der Waals surface area (Å²) in [5, 5.41) is 10.4. The third kappa shape index (κ3) is 6.88. The largest absolute Gasteiger partial charge is 0.357 e. The number of nitrogens with one attached hydrogen (secondary N) is 3. The second-order valence-electron chi connectivity index (χ2n) is 5.30. The van der Waals surface area contributed by atoms with E-state index >= 15 is 0 Å². The molecule has 0 radical (unpaired) electrons. The number of carbonyl (C=O) groups excluding carboxylic acids is 1. The van der Waals surface area contributed by atoms with Gasteiger partial charge in [-0.05, 0) is 26.0 Å². The van der Waals surface area contributed by atoms with Crippen molar-refractivity contribution >= 4 is 23.2 Å². The van der Waals surface area contributed by atoms with E-state index in [1.54, 1.807) is 35.9 Å². The van der Waals surface area contributed by atoms with Gasteiger partial charge < -0.3 is 16.0 Å². The molecule has 2 aromatic heterocycles. The molecule has 0 aliphatic heterocycles. The average molecular weight is 360 g/mol. The number of guanidine groups is 1. The number of amides is 1. The molecule has 0 saturated carbocycles. The van der Waals surface area contributed by atoms with Gasteiger partial charge in [0, 0.05) is 56.1 Å². The van der Waals surface area contributed by atoms with Crippen LogP contribution in [-0.2, 0) is 6.42 Å². The quantitative estimate of drug-likeness (QED) is 0.376. The Balaban J connectivity index is 1.71. The Hall–Kier alpha value is -2.48. The summed E-state index contributed by atoms with van der Waals surface area (Å²) in [6.07, 6.45) is 5.91. The molecular weight excluding hydrogens is 336 g/mol. The van der Waals surface area contributed by atoms with Crippen molar-refractivity contribution in [3.8, 4) is 0 Å². The van der Waals surface area contributed by atoms with Crippen molar-refractivity contribution in [2.75, 3.05) is 26.2 Å². The van der Waals surface area contributed by atoms with Gasteiger partial charge >= 0.3 is 0 Å². The topological polar surface area (TPSA) is 91.3 Å². The van der Waals surface area contributed by atoms with Gasteiger partial charge in [-0.1, -0.05) is 0 Å². The molecule has 1 amide bonds. The van der Waals surface area contributed by atoms with Crippen LogP contribution in [0.5, 0.6) is 0 Å². The minimum absolute atomic E-state index is 0.129. The molecular formula is C17H24N6OS. The van der Waals surface area contributed by atoms with Crippen LogP contribution in [0.3, 0.4) is 0 Å². The van der Waals surface area contributed by atoms with Gasteiger partial charge in [-0.2, -0.15) is 0 Å². The Morgan fingerprint density at radius 2 is 2.08 bits per heavy atom. The van der Waals surface area contributed by atoms with Gasteiger partial charge in [0.2, 0.25) is 0 Å². The molecule has 2 heterocycles. The lowest BCUT2D eigenvalue weighted by atomic mass is 10.3. The van der Waals surface area contributed by atoms with Crippen LogP contribution < -0.4 is 16.0 Å². The zero-order chi connectivity index (χ0) is 17.9. The van der Waals surface area contributed by atoms with Crippen LogP contribution in [0, 0.1) is 6.92 Å². The van der Waals surface area contributed by atoms with Crippen molar-refractivity contribution < 1.29 is 4.79 Å². The zero-order valence-corrected chi connectivity index (χ0v) is 15.4. The smallest absolute Gasteiger partial charge is 0.252 e. The van der Waals surface area contributed by atoms with Gasteiger partial charge in [-0.15, -0.1) is 11.3 Å². The molecule has 3 N–H and O–H groups in total. The Kier molecular flexibility index (Phi) is 7.84. The molecule has 2 rings (SSSR count). The Morgan fingerprint density at radius 3 is 2.76 bits per heavy atom. The fraction of sp³-hybridized carbons (Fsp3) is 0.412. The van der Waals surface area contributed by atoms with Crippen molar-refractivity contribution in [3.63, 3.8) is 0 Å². The van der Waals surface area contributed by atoms with Crippen LogP contribution in [0.15, 0.2) is 35.7 Å². The van der Waals surface area contributed by atoms with E-state index in [-0.39, 0.29) is 5.91 Å². The maximum atomic E-state index is 11.9. The number of aliphatic imine (C=N–C) groups is 1. The Labute approximate surface area is 152 Å². The van der Waals surface area contributed by atoms with E-state index in [1.165, 1.54) is 4.88 Å². The lowest BCUT2D eigenvalue weighted by molar-refractivity contribution is 0.0954. The molecule has 134 valence electrons. The van der Waals surface area contributed by atoms with E-state index in [9.17, 15) is 4.79 Å². The fourth-order valence-corrected chi connectivity index (χ4v) is 2.85. The zero-order valence-electron chi connectivity index (χ0n) is 14.6. The molecule has 0 fully saturated rings. The lowest BCUT2D eigenvalue weighted by Gasteiger charge is -2.11. The summed E-state index contributed by atoms with van der Waals surface area (Å²) < 4.78 is 0. The highest BCUT2D eigenvalue weighted by Gasteiger charge is 2.04. The van der Waals surface area contributed by atoms with E-state index in [4.69, 9.17) is 0 Å². The van der Waals surface area contributed by atoms with E-state index in [0.29, 0.717) is 25.2 Å². The highest BCUT2D eigenvalue weighted by molar-refractivity contribution is 7.11. The lowest BCUT2D eigenvalue weighted by Crippen LogP contribution is -2.41. The molecule has 0 unspecified atom stereocenters. The molecule has 2 aromatic rings. The maximum absolute atomic E-state index is 11.9. The summed E-state index contributed by atoms with van der Waals surface area (Å²) in [5.74, 6) is 0.613. The van der Waals surface area contributed by atoms with Crippen molar-refractivity contribution in [2.24, 2.45) is 4.99 Å². The minimum atomic E-state index is -0.129. The molecule has 0 saturated heterocycles. The number of aryl methyl sites for hydroxylation is 1. The number of hydrogen-bond donors (Lipinski definition) is 3. The standard InChI is InChI=1S/C17H24N6OS/c1-3-19-17(21-8-6-15-23-11-13(2)25-15)22-10-9-20-16(24)14-5-4-7-18-12-14/h4-5,7,11-12H,3,6,8-10H2,1-2H3,(H,20,24)(H2,19,21,22). The van der Waals surface area contributed by atoms with E-state index in [2.05, 4.69) is 37.8 Å². The van der Waals surface area contributed by atoms with Crippen LogP contribution in [0.4, 0.5) is 0 Å². The minimum Gasteiger partial charge on any atom is -0.357 e. The van der Waals surface area contributed by atoms with Gasteiger partial charge in [0.15, 0.2) is 5.96 Å². The SMILES string of the molecule is CCNC(=NCCc1ncc(C)s1)NCCNC(=O)c1cccnc1. The first-order valence-electron chi connectivity index (χ1n) is 8.30. The van der Waals surface area contributed by atoms with Crippen molar-refractivity contribution in [1.82, 2.24) is 25.9 Å². The second kappa shape index (κ2) is 10.4. The van der Waals surface area contributed by atoms with E-state index in [0.717, 1.165) is 23.9 Å². The van der Waals surface area contributed by atoms with Crippen LogP contribution in [0.1, 0.15) is 27.2 Å². The number of carbonyl (C=O) groups is 1. The van der Waals surface area contributed by atoms with Crippen LogP contribution in [0.2, 0.25) is 0 Å². The van der Waals surface area contributed by atoms with Crippen LogP contribution in [-0.4, -0.2) is 48.0 Å². The number of aromatic nitrogens is 2. The van der Waals surface area contributed by atoms with Gasteiger partial charge in [-0.25, -0.2) is 4.98 Å².